The Hall–Kier alpha value is -8.34. The Morgan fingerprint density at radius 1 is 0.270 bits per heavy atom. The smallest absolute Gasteiger partial charge is 0.164 e. The van der Waals surface area contributed by atoms with Crippen LogP contribution in [0.4, 0.5) is 0 Å². The van der Waals surface area contributed by atoms with E-state index in [0.29, 0.717) is 17.5 Å². The van der Waals surface area contributed by atoms with Crippen molar-refractivity contribution in [2.75, 3.05) is 0 Å². The van der Waals surface area contributed by atoms with E-state index in [1.807, 2.05) is 36.4 Å². The zero-order valence-corrected chi connectivity index (χ0v) is 34.1. The molecular formula is C59H36N4. The highest BCUT2D eigenvalue weighted by Gasteiger charge is 2.52. The maximum absolute atomic E-state index is 5.44. The Morgan fingerprint density at radius 2 is 0.714 bits per heavy atom. The summed E-state index contributed by atoms with van der Waals surface area (Å²) in [6.45, 7) is 0. The lowest BCUT2D eigenvalue weighted by molar-refractivity contribution is 0.794. The molecule has 2 aromatic heterocycles. The zero-order valence-electron chi connectivity index (χ0n) is 34.1. The minimum Gasteiger partial charge on any atom is -0.247 e. The molecule has 0 amide bonds. The van der Waals surface area contributed by atoms with Crippen LogP contribution in [0.3, 0.4) is 0 Å². The van der Waals surface area contributed by atoms with Gasteiger partial charge in [-0.2, -0.15) is 0 Å². The standard InChI is InChI=1S/C59H36N4/c1-3-18-37(19-4-1)56-61-57(38-20-5-2-6-21-38)63-58(62-56)41-35-39(34-40(36-41)55-47-26-8-7-22-43(47)46-25-12-16-33-53(46)60-55)42-28-17-32-52-54(42)48-27-11-15-31-51(48)59(52)49-29-13-9-23-44(49)45-24-10-14-30-50(45)59/h1-36H. The predicted molar refractivity (Wildman–Crippen MR) is 256 cm³/mol. The van der Waals surface area contributed by atoms with Crippen molar-refractivity contribution in [3.8, 4) is 78.8 Å². The van der Waals surface area contributed by atoms with Crippen LogP contribution in [0, 0.1) is 0 Å². The van der Waals surface area contributed by atoms with Crippen molar-refractivity contribution in [3.63, 3.8) is 0 Å². The van der Waals surface area contributed by atoms with Gasteiger partial charge in [-0.1, -0.05) is 194 Å². The van der Waals surface area contributed by atoms with E-state index < -0.39 is 5.41 Å². The number of hydrogen-bond acceptors (Lipinski definition) is 4. The molecule has 0 radical (unpaired) electrons. The van der Waals surface area contributed by atoms with Gasteiger partial charge in [0.2, 0.25) is 0 Å². The van der Waals surface area contributed by atoms with Crippen LogP contribution in [-0.4, -0.2) is 19.9 Å². The van der Waals surface area contributed by atoms with Gasteiger partial charge in [0.15, 0.2) is 17.5 Å². The molecule has 2 aliphatic rings. The number of aromatic nitrogens is 4. The van der Waals surface area contributed by atoms with Gasteiger partial charge in [0.05, 0.1) is 16.6 Å². The van der Waals surface area contributed by atoms with Crippen LogP contribution in [0.1, 0.15) is 22.3 Å². The van der Waals surface area contributed by atoms with Gasteiger partial charge in [0.1, 0.15) is 0 Å². The molecule has 0 bridgehead atoms. The molecule has 0 atom stereocenters. The molecule has 4 heteroatoms. The molecule has 0 N–H and O–H groups in total. The Balaban J connectivity index is 1.12. The second-order valence-corrected chi connectivity index (χ2v) is 16.5. The van der Waals surface area contributed by atoms with Gasteiger partial charge in [-0.15, -0.1) is 0 Å². The maximum Gasteiger partial charge on any atom is 0.164 e. The molecule has 2 aliphatic carbocycles. The molecule has 11 aromatic rings. The lowest BCUT2D eigenvalue weighted by atomic mass is 9.70. The summed E-state index contributed by atoms with van der Waals surface area (Å²) in [6.07, 6.45) is 0. The average molecular weight is 801 g/mol. The SMILES string of the molecule is c1ccc(-c2nc(-c3ccccc3)nc(-c3cc(-c4cccc5c4-c4ccccc4C54c5ccccc5-c5ccccc54)cc(-c4nc5ccccc5c5ccccc45)c3)n2)cc1. The lowest BCUT2D eigenvalue weighted by Gasteiger charge is -2.30. The van der Waals surface area contributed by atoms with Crippen LogP contribution in [0.2, 0.25) is 0 Å². The quantitative estimate of drug-likeness (QED) is 0.163. The topological polar surface area (TPSA) is 51.6 Å². The molecule has 2 heterocycles. The highest BCUT2D eigenvalue weighted by atomic mass is 15.0. The van der Waals surface area contributed by atoms with E-state index in [4.69, 9.17) is 19.9 Å². The summed E-state index contributed by atoms with van der Waals surface area (Å²) >= 11 is 0. The zero-order chi connectivity index (χ0) is 41.5. The van der Waals surface area contributed by atoms with Crippen LogP contribution < -0.4 is 0 Å². The van der Waals surface area contributed by atoms with Crippen molar-refractivity contribution in [1.29, 1.82) is 0 Å². The second-order valence-electron chi connectivity index (χ2n) is 16.5. The largest absolute Gasteiger partial charge is 0.247 e. The molecule has 0 saturated heterocycles. The normalized spacial score (nSPS) is 12.9. The Labute approximate surface area is 364 Å². The Kier molecular flexibility index (Phi) is 7.79. The number of fused-ring (bicyclic) bond motifs is 13. The number of rotatable bonds is 5. The van der Waals surface area contributed by atoms with Crippen LogP contribution in [0.15, 0.2) is 218 Å². The number of hydrogen-bond donors (Lipinski definition) is 0. The minimum absolute atomic E-state index is 0.463. The van der Waals surface area contributed by atoms with Gasteiger partial charge in [0, 0.05) is 33.0 Å². The van der Waals surface area contributed by atoms with Crippen molar-refractivity contribution in [2.24, 2.45) is 0 Å². The molecule has 63 heavy (non-hydrogen) atoms. The van der Waals surface area contributed by atoms with Crippen LogP contribution >= 0.6 is 0 Å². The van der Waals surface area contributed by atoms with Crippen molar-refractivity contribution in [3.05, 3.63) is 241 Å². The first-order chi connectivity index (χ1) is 31.2. The number of pyridine rings is 1. The van der Waals surface area contributed by atoms with E-state index in [9.17, 15) is 0 Å². The van der Waals surface area contributed by atoms with Gasteiger partial charge in [0.25, 0.3) is 0 Å². The highest BCUT2D eigenvalue weighted by Crippen LogP contribution is 2.64. The van der Waals surface area contributed by atoms with Crippen LogP contribution in [0.25, 0.3) is 100 Å². The van der Waals surface area contributed by atoms with Crippen molar-refractivity contribution in [1.82, 2.24) is 19.9 Å². The minimum atomic E-state index is -0.463. The van der Waals surface area contributed by atoms with E-state index in [-0.39, 0.29) is 0 Å². The molecule has 0 saturated carbocycles. The second kappa shape index (κ2) is 13.8. The van der Waals surface area contributed by atoms with Crippen molar-refractivity contribution < 1.29 is 0 Å². The maximum atomic E-state index is 5.44. The number of benzene rings is 9. The van der Waals surface area contributed by atoms with E-state index >= 15 is 0 Å². The van der Waals surface area contributed by atoms with Gasteiger partial charge in [-0.3, -0.25) is 0 Å². The molecule has 0 aliphatic heterocycles. The van der Waals surface area contributed by atoms with Crippen LogP contribution in [-0.2, 0) is 5.41 Å². The lowest BCUT2D eigenvalue weighted by Crippen LogP contribution is -2.25. The third-order valence-corrected chi connectivity index (χ3v) is 13.1. The first-order valence-corrected chi connectivity index (χ1v) is 21.5. The first kappa shape index (κ1) is 35.4. The summed E-state index contributed by atoms with van der Waals surface area (Å²) in [5.74, 6) is 1.84. The monoisotopic (exact) mass is 800 g/mol. The molecule has 4 nitrogen and oxygen atoms in total. The summed E-state index contributed by atoms with van der Waals surface area (Å²) in [5.41, 5.74) is 17.6. The van der Waals surface area contributed by atoms with E-state index in [1.165, 1.54) is 44.5 Å². The van der Waals surface area contributed by atoms with Crippen LogP contribution in [0.5, 0.6) is 0 Å². The summed E-state index contributed by atoms with van der Waals surface area (Å²) < 4.78 is 0. The third-order valence-electron chi connectivity index (χ3n) is 13.1. The average Bonchev–Trinajstić information content (AvgIpc) is 3.84. The van der Waals surface area contributed by atoms with E-state index in [2.05, 4.69) is 182 Å². The molecule has 9 aromatic carbocycles. The van der Waals surface area contributed by atoms with Gasteiger partial charge < -0.3 is 0 Å². The van der Waals surface area contributed by atoms with E-state index in [0.717, 1.165) is 60.8 Å². The molecular weight excluding hydrogens is 765 g/mol. The van der Waals surface area contributed by atoms with E-state index in [1.54, 1.807) is 0 Å². The molecule has 0 fully saturated rings. The van der Waals surface area contributed by atoms with Gasteiger partial charge in [-0.25, -0.2) is 19.9 Å². The fourth-order valence-corrected chi connectivity index (χ4v) is 10.5. The molecule has 13 rings (SSSR count). The third kappa shape index (κ3) is 5.28. The number of nitrogens with zero attached hydrogens (tertiary/aromatic N) is 4. The summed E-state index contributed by atoms with van der Waals surface area (Å²) in [7, 11) is 0. The molecule has 292 valence electrons. The summed E-state index contributed by atoms with van der Waals surface area (Å²) in [4.78, 5) is 21.0. The fraction of sp³-hybridized carbons (Fsp3) is 0.0169. The Morgan fingerprint density at radius 3 is 1.37 bits per heavy atom. The first-order valence-electron chi connectivity index (χ1n) is 21.5. The van der Waals surface area contributed by atoms with Crippen molar-refractivity contribution >= 4 is 21.7 Å². The summed E-state index contributed by atoms with van der Waals surface area (Å²) in [6, 6.07) is 78.1. The Bertz CT molecular complexity index is 3530. The highest BCUT2D eigenvalue weighted by molar-refractivity contribution is 6.11. The predicted octanol–water partition coefficient (Wildman–Crippen LogP) is 14.3. The summed E-state index contributed by atoms with van der Waals surface area (Å²) in [5, 5.41) is 3.38. The number of para-hydroxylation sites is 1. The molecule has 1 spiro atoms. The van der Waals surface area contributed by atoms with Crippen molar-refractivity contribution in [2.45, 2.75) is 5.41 Å². The molecule has 0 unspecified atom stereocenters. The van der Waals surface area contributed by atoms with Gasteiger partial charge >= 0.3 is 0 Å². The fourth-order valence-electron chi connectivity index (χ4n) is 10.5. The van der Waals surface area contributed by atoms with Gasteiger partial charge in [-0.05, 0) is 85.3 Å².